The van der Waals surface area contributed by atoms with Crippen LogP contribution in [0.4, 0.5) is 10.5 Å². The molecule has 1 atom stereocenters. The number of hydrogen-bond acceptors (Lipinski definition) is 3. The van der Waals surface area contributed by atoms with Gasteiger partial charge in [0.05, 0.1) is 16.3 Å². The number of benzene rings is 1. The van der Waals surface area contributed by atoms with E-state index in [0.717, 1.165) is 5.75 Å². The van der Waals surface area contributed by atoms with Crippen molar-refractivity contribution in [3.63, 3.8) is 0 Å². The highest BCUT2D eigenvalue weighted by molar-refractivity contribution is 7.98. The molecule has 0 aliphatic rings. The molecule has 0 fully saturated rings. The molecule has 3 N–H and O–H groups in total. The van der Waals surface area contributed by atoms with E-state index in [2.05, 4.69) is 10.6 Å². The lowest BCUT2D eigenvalue weighted by molar-refractivity contribution is 0.0599. The molecule has 0 saturated heterocycles. The predicted molar refractivity (Wildman–Crippen MR) is 82.1 cm³/mol. The van der Waals surface area contributed by atoms with Gasteiger partial charge in [-0.3, -0.25) is 0 Å². The molecule has 0 bridgehead atoms. The van der Waals surface area contributed by atoms with Crippen LogP contribution in [0, 0.1) is 0 Å². The number of anilines is 1. The van der Waals surface area contributed by atoms with E-state index in [1.54, 1.807) is 43.0 Å². The number of aliphatic hydroxyl groups is 1. The number of halogens is 1. The molecule has 106 valence electrons. The van der Waals surface area contributed by atoms with Gasteiger partial charge in [-0.15, -0.1) is 0 Å². The van der Waals surface area contributed by atoms with Crippen molar-refractivity contribution >= 4 is 35.1 Å². The molecule has 0 radical (unpaired) electrons. The highest BCUT2D eigenvalue weighted by atomic mass is 35.5. The monoisotopic (exact) mass is 302 g/mol. The number of urea groups is 1. The van der Waals surface area contributed by atoms with Crippen molar-refractivity contribution in [1.82, 2.24) is 5.32 Å². The van der Waals surface area contributed by atoms with E-state index >= 15 is 0 Å². The number of carbonyl (C=O) groups excluding carboxylic acids is 1. The molecule has 1 aromatic rings. The van der Waals surface area contributed by atoms with Crippen molar-refractivity contribution in [3.8, 4) is 0 Å². The highest BCUT2D eigenvalue weighted by Crippen LogP contribution is 2.20. The summed E-state index contributed by atoms with van der Waals surface area (Å²) >= 11 is 7.59. The summed E-state index contributed by atoms with van der Waals surface area (Å²) in [6.45, 7) is 1.91. The molecule has 4 nitrogen and oxygen atoms in total. The van der Waals surface area contributed by atoms with Gasteiger partial charge in [0.2, 0.25) is 0 Å². The minimum atomic E-state index is -0.902. The summed E-state index contributed by atoms with van der Waals surface area (Å²) in [5.41, 5.74) is -0.355. The Labute approximate surface area is 122 Å². The van der Waals surface area contributed by atoms with Gasteiger partial charge in [-0.2, -0.15) is 11.8 Å². The third kappa shape index (κ3) is 6.18. The van der Waals surface area contributed by atoms with E-state index in [0.29, 0.717) is 17.1 Å². The summed E-state index contributed by atoms with van der Waals surface area (Å²) < 4.78 is 0. The second kappa shape index (κ2) is 7.62. The average molecular weight is 303 g/mol. The van der Waals surface area contributed by atoms with Crippen molar-refractivity contribution in [2.24, 2.45) is 0 Å². The Morgan fingerprint density at radius 2 is 2.16 bits per heavy atom. The Balaban J connectivity index is 2.42. The highest BCUT2D eigenvalue weighted by Gasteiger charge is 2.20. The van der Waals surface area contributed by atoms with Crippen LogP contribution >= 0.6 is 23.4 Å². The van der Waals surface area contributed by atoms with Crippen molar-refractivity contribution < 1.29 is 9.90 Å². The lowest BCUT2D eigenvalue weighted by Crippen LogP contribution is -2.42. The number of hydrogen-bond donors (Lipinski definition) is 3. The smallest absolute Gasteiger partial charge is 0.319 e. The number of carbonyl (C=O) groups is 1. The summed E-state index contributed by atoms with van der Waals surface area (Å²) in [5, 5.41) is 15.8. The summed E-state index contributed by atoms with van der Waals surface area (Å²) in [6, 6.07) is 6.62. The Morgan fingerprint density at radius 1 is 1.47 bits per heavy atom. The molecule has 0 heterocycles. The van der Waals surface area contributed by atoms with Crippen LogP contribution in [0.1, 0.15) is 13.3 Å². The lowest BCUT2D eigenvalue weighted by atomic mass is 10.0. The molecule has 0 aliphatic carbocycles. The fourth-order valence-corrected chi connectivity index (χ4v) is 2.24. The minimum absolute atomic E-state index is 0.198. The van der Waals surface area contributed by atoms with Gasteiger partial charge < -0.3 is 15.7 Å². The number of thioether (sulfide) groups is 1. The topological polar surface area (TPSA) is 61.4 Å². The van der Waals surface area contributed by atoms with Crippen LogP contribution in [0.25, 0.3) is 0 Å². The van der Waals surface area contributed by atoms with E-state index in [4.69, 9.17) is 11.6 Å². The zero-order valence-corrected chi connectivity index (χ0v) is 12.6. The van der Waals surface area contributed by atoms with Gasteiger partial charge in [0.25, 0.3) is 0 Å². The van der Waals surface area contributed by atoms with Crippen LogP contribution in [0.5, 0.6) is 0 Å². The van der Waals surface area contributed by atoms with Crippen LogP contribution in [0.15, 0.2) is 24.3 Å². The quantitative estimate of drug-likeness (QED) is 0.757. The van der Waals surface area contributed by atoms with E-state index in [9.17, 15) is 9.90 Å². The van der Waals surface area contributed by atoms with Crippen molar-refractivity contribution in [3.05, 3.63) is 29.3 Å². The Hall–Kier alpha value is -0.910. The summed E-state index contributed by atoms with van der Waals surface area (Å²) in [5.74, 6) is 0.848. The van der Waals surface area contributed by atoms with E-state index in [1.807, 2.05) is 6.26 Å². The van der Waals surface area contributed by atoms with E-state index in [-0.39, 0.29) is 12.6 Å². The predicted octanol–water partition coefficient (Wildman–Crippen LogP) is 2.97. The first-order valence-electron chi connectivity index (χ1n) is 5.95. The van der Waals surface area contributed by atoms with Gasteiger partial charge in [0.1, 0.15) is 0 Å². The third-order valence-electron chi connectivity index (χ3n) is 2.60. The first kappa shape index (κ1) is 16.1. The normalized spacial score (nSPS) is 13.7. The van der Waals surface area contributed by atoms with Gasteiger partial charge in [-0.1, -0.05) is 23.7 Å². The second-order valence-electron chi connectivity index (χ2n) is 4.53. The molecule has 0 aliphatic heterocycles. The van der Waals surface area contributed by atoms with Crippen molar-refractivity contribution in [2.45, 2.75) is 18.9 Å². The molecular formula is C13H19ClN2O2S. The number of para-hydroxylation sites is 1. The third-order valence-corrected chi connectivity index (χ3v) is 3.54. The maximum Gasteiger partial charge on any atom is 0.319 e. The van der Waals surface area contributed by atoms with Crippen LogP contribution < -0.4 is 10.6 Å². The van der Waals surface area contributed by atoms with Crippen LogP contribution in [0.3, 0.4) is 0 Å². The zero-order chi connectivity index (χ0) is 14.3. The molecule has 1 aromatic carbocycles. The molecular weight excluding hydrogens is 284 g/mol. The molecule has 6 heteroatoms. The summed E-state index contributed by atoms with van der Waals surface area (Å²) in [7, 11) is 0. The lowest BCUT2D eigenvalue weighted by Gasteiger charge is -2.23. The molecule has 0 spiro atoms. The van der Waals surface area contributed by atoms with E-state index < -0.39 is 5.60 Å². The van der Waals surface area contributed by atoms with Crippen LogP contribution in [-0.2, 0) is 0 Å². The number of nitrogens with one attached hydrogen (secondary N) is 2. The van der Waals surface area contributed by atoms with Gasteiger partial charge in [-0.05, 0) is 37.5 Å². The molecule has 0 saturated carbocycles. The first-order valence-corrected chi connectivity index (χ1v) is 7.72. The molecule has 0 aromatic heterocycles. The SMILES string of the molecule is CSCC[C@](C)(O)CNC(=O)Nc1ccccc1Cl. The zero-order valence-electron chi connectivity index (χ0n) is 11.1. The standard InChI is InChI=1S/C13H19ClN2O2S/c1-13(18,7-8-19-2)9-15-12(17)16-11-6-4-3-5-10(11)14/h3-6,18H,7-9H2,1-2H3,(H2,15,16,17)/t13-/m0/s1. The largest absolute Gasteiger partial charge is 0.388 e. The Morgan fingerprint density at radius 3 is 2.79 bits per heavy atom. The van der Waals surface area contributed by atoms with Gasteiger partial charge in [-0.25, -0.2) is 4.79 Å². The molecule has 0 unspecified atom stereocenters. The van der Waals surface area contributed by atoms with Gasteiger partial charge in [0, 0.05) is 6.54 Å². The number of rotatable bonds is 6. The Kier molecular flexibility index (Phi) is 6.48. The molecule has 1 rings (SSSR count). The van der Waals surface area contributed by atoms with Gasteiger partial charge in [0.15, 0.2) is 0 Å². The average Bonchev–Trinajstić information content (AvgIpc) is 2.37. The van der Waals surface area contributed by atoms with Crippen molar-refractivity contribution in [2.75, 3.05) is 23.9 Å². The maximum atomic E-state index is 11.7. The van der Waals surface area contributed by atoms with Crippen LogP contribution in [-0.4, -0.2) is 35.3 Å². The second-order valence-corrected chi connectivity index (χ2v) is 5.92. The van der Waals surface area contributed by atoms with Crippen LogP contribution in [0.2, 0.25) is 5.02 Å². The fraction of sp³-hybridized carbons (Fsp3) is 0.462. The molecule has 19 heavy (non-hydrogen) atoms. The Bertz CT molecular complexity index is 427. The number of amides is 2. The summed E-state index contributed by atoms with van der Waals surface area (Å²) in [4.78, 5) is 11.7. The van der Waals surface area contributed by atoms with Gasteiger partial charge >= 0.3 is 6.03 Å². The maximum absolute atomic E-state index is 11.7. The molecule has 2 amide bonds. The summed E-state index contributed by atoms with van der Waals surface area (Å²) in [6.07, 6.45) is 2.61. The minimum Gasteiger partial charge on any atom is -0.388 e. The first-order chi connectivity index (χ1) is 8.94. The van der Waals surface area contributed by atoms with E-state index in [1.165, 1.54) is 0 Å². The van der Waals surface area contributed by atoms with Crippen molar-refractivity contribution in [1.29, 1.82) is 0 Å². The fourth-order valence-electron chi connectivity index (χ4n) is 1.41.